The summed E-state index contributed by atoms with van der Waals surface area (Å²) in [5.41, 5.74) is 1.60. The summed E-state index contributed by atoms with van der Waals surface area (Å²) in [5.74, 6) is 0.816. The fourth-order valence-corrected chi connectivity index (χ4v) is 4.82. The molecule has 0 aromatic carbocycles. The van der Waals surface area contributed by atoms with Crippen molar-refractivity contribution >= 4 is 11.8 Å². The smallest absolute Gasteiger partial charge is 0.256 e. The SMILES string of the molecule is O=C(c1cccnc1)N1CCc2nc([C@H]3CCCCN3C(=O)C3CCC3)[nH]c(=O)c2C1. The van der Waals surface area contributed by atoms with Crippen LogP contribution in [0.5, 0.6) is 0 Å². The van der Waals surface area contributed by atoms with E-state index >= 15 is 0 Å². The number of nitrogens with one attached hydrogen (secondary N) is 1. The van der Waals surface area contributed by atoms with Gasteiger partial charge in [0, 0.05) is 37.8 Å². The molecule has 2 amide bonds. The molecule has 2 aromatic rings. The molecule has 8 heteroatoms. The van der Waals surface area contributed by atoms with Crippen LogP contribution >= 0.6 is 0 Å². The van der Waals surface area contributed by atoms with E-state index in [-0.39, 0.29) is 35.9 Å². The van der Waals surface area contributed by atoms with Gasteiger partial charge >= 0.3 is 0 Å². The molecule has 1 aliphatic carbocycles. The molecular weight excluding hydrogens is 394 g/mol. The number of hydrogen-bond acceptors (Lipinski definition) is 5. The first kappa shape index (κ1) is 19.9. The second-order valence-electron chi connectivity index (χ2n) is 8.77. The van der Waals surface area contributed by atoms with E-state index in [9.17, 15) is 14.4 Å². The molecule has 0 radical (unpaired) electrons. The first-order chi connectivity index (χ1) is 15.1. The van der Waals surface area contributed by atoms with Crippen molar-refractivity contribution in [2.45, 2.75) is 57.5 Å². The van der Waals surface area contributed by atoms with E-state index in [2.05, 4.69) is 9.97 Å². The Labute approximate surface area is 180 Å². The summed E-state index contributed by atoms with van der Waals surface area (Å²) in [5, 5.41) is 0. The predicted octanol–water partition coefficient (Wildman–Crippen LogP) is 2.22. The van der Waals surface area contributed by atoms with Crippen molar-refractivity contribution in [2.75, 3.05) is 13.1 Å². The van der Waals surface area contributed by atoms with Gasteiger partial charge in [-0.15, -0.1) is 0 Å². The van der Waals surface area contributed by atoms with Crippen LogP contribution in [0, 0.1) is 5.92 Å². The number of hydrogen-bond donors (Lipinski definition) is 1. The van der Waals surface area contributed by atoms with E-state index < -0.39 is 0 Å². The molecule has 0 unspecified atom stereocenters. The van der Waals surface area contributed by atoms with E-state index in [0.29, 0.717) is 29.9 Å². The lowest BCUT2D eigenvalue weighted by Crippen LogP contribution is -2.45. The van der Waals surface area contributed by atoms with Gasteiger partial charge in [0.2, 0.25) is 5.91 Å². The zero-order valence-electron chi connectivity index (χ0n) is 17.5. The number of fused-ring (bicyclic) bond motifs is 1. The molecule has 162 valence electrons. The van der Waals surface area contributed by atoms with Crippen LogP contribution in [0.15, 0.2) is 29.3 Å². The summed E-state index contributed by atoms with van der Waals surface area (Å²) in [4.78, 5) is 54.0. The Bertz CT molecular complexity index is 1050. The molecule has 1 atom stereocenters. The summed E-state index contributed by atoms with van der Waals surface area (Å²) in [6.45, 7) is 1.47. The van der Waals surface area contributed by atoms with Crippen molar-refractivity contribution < 1.29 is 9.59 Å². The number of carbonyl (C=O) groups is 2. The van der Waals surface area contributed by atoms with Crippen molar-refractivity contribution in [1.29, 1.82) is 0 Å². The molecule has 0 spiro atoms. The number of nitrogens with zero attached hydrogens (tertiary/aromatic N) is 4. The fraction of sp³-hybridized carbons (Fsp3) is 0.522. The lowest BCUT2D eigenvalue weighted by Gasteiger charge is -2.39. The van der Waals surface area contributed by atoms with Gasteiger partial charge in [0.25, 0.3) is 11.5 Å². The van der Waals surface area contributed by atoms with Crippen LogP contribution in [0.4, 0.5) is 0 Å². The van der Waals surface area contributed by atoms with Gasteiger partial charge < -0.3 is 14.8 Å². The Hall–Kier alpha value is -3.03. The minimum absolute atomic E-state index is 0.133. The molecule has 1 N–H and O–H groups in total. The van der Waals surface area contributed by atoms with Gasteiger partial charge in [-0.25, -0.2) is 4.98 Å². The third kappa shape index (κ3) is 3.75. The number of aromatic nitrogens is 3. The van der Waals surface area contributed by atoms with Gasteiger partial charge in [-0.05, 0) is 44.2 Å². The lowest BCUT2D eigenvalue weighted by atomic mass is 9.83. The summed E-state index contributed by atoms with van der Waals surface area (Å²) in [6.07, 6.45) is 9.60. The van der Waals surface area contributed by atoms with Gasteiger partial charge in [-0.1, -0.05) is 6.42 Å². The standard InChI is InChI=1S/C23H27N5O3/c29-21-17-14-27(22(30)16-7-4-10-24-13-16)12-9-18(17)25-20(26-21)19-8-1-2-11-28(19)23(31)15-5-3-6-15/h4,7,10,13,15,19H,1-3,5-6,8-9,11-12,14H2,(H,25,26,29)/t19-/m1/s1. The minimum Gasteiger partial charge on any atom is -0.334 e. The maximum atomic E-state index is 13.0. The monoisotopic (exact) mass is 421 g/mol. The van der Waals surface area contributed by atoms with Crippen LogP contribution in [0.3, 0.4) is 0 Å². The number of carbonyl (C=O) groups excluding carboxylic acids is 2. The zero-order valence-corrected chi connectivity index (χ0v) is 17.5. The topological polar surface area (TPSA) is 99.3 Å². The summed E-state index contributed by atoms with van der Waals surface area (Å²) in [7, 11) is 0. The van der Waals surface area contributed by atoms with Crippen molar-refractivity contribution in [3.05, 3.63) is 57.5 Å². The number of aromatic amines is 1. The Balaban J connectivity index is 1.39. The highest BCUT2D eigenvalue weighted by Gasteiger charge is 2.36. The Morgan fingerprint density at radius 2 is 1.97 bits per heavy atom. The van der Waals surface area contributed by atoms with Crippen LogP contribution in [-0.2, 0) is 17.8 Å². The van der Waals surface area contributed by atoms with Gasteiger partial charge in [-0.2, -0.15) is 0 Å². The summed E-state index contributed by atoms with van der Waals surface area (Å²) in [6, 6.07) is 3.30. The molecule has 2 aliphatic heterocycles. The summed E-state index contributed by atoms with van der Waals surface area (Å²) >= 11 is 0. The van der Waals surface area contributed by atoms with Crippen LogP contribution in [0.25, 0.3) is 0 Å². The zero-order chi connectivity index (χ0) is 21.4. The third-order valence-electron chi connectivity index (χ3n) is 6.84. The lowest BCUT2D eigenvalue weighted by molar-refractivity contribution is -0.142. The van der Waals surface area contributed by atoms with Gasteiger partial charge in [0.15, 0.2) is 0 Å². The maximum absolute atomic E-state index is 13.0. The molecule has 0 bridgehead atoms. The third-order valence-corrected chi connectivity index (χ3v) is 6.84. The van der Waals surface area contributed by atoms with Crippen molar-refractivity contribution in [2.24, 2.45) is 5.92 Å². The van der Waals surface area contributed by atoms with Crippen molar-refractivity contribution in [1.82, 2.24) is 24.8 Å². The maximum Gasteiger partial charge on any atom is 0.256 e. The number of H-pyrrole nitrogens is 1. The second-order valence-corrected chi connectivity index (χ2v) is 8.77. The number of likely N-dealkylation sites (tertiary alicyclic amines) is 1. The predicted molar refractivity (Wildman–Crippen MR) is 113 cm³/mol. The van der Waals surface area contributed by atoms with E-state index in [4.69, 9.17) is 4.98 Å². The molecule has 2 fully saturated rings. The minimum atomic E-state index is -0.203. The van der Waals surface area contributed by atoms with Crippen LogP contribution in [-0.4, -0.2) is 49.7 Å². The van der Waals surface area contributed by atoms with Gasteiger partial charge in [0.1, 0.15) is 5.82 Å². The molecule has 31 heavy (non-hydrogen) atoms. The number of rotatable bonds is 3. The molecular formula is C23H27N5O3. The highest BCUT2D eigenvalue weighted by molar-refractivity contribution is 5.94. The number of pyridine rings is 1. The molecule has 2 aromatic heterocycles. The number of piperidine rings is 1. The number of amides is 2. The van der Waals surface area contributed by atoms with E-state index in [1.54, 1.807) is 29.4 Å². The normalized spacial score (nSPS) is 21.4. The van der Waals surface area contributed by atoms with Gasteiger partial charge in [0.05, 0.1) is 29.4 Å². The molecule has 4 heterocycles. The van der Waals surface area contributed by atoms with Crippen molar-refractivity contribution in [3.8, 4) is 0 Å². The first-order valence-electron chi connectivity index (χ1n) is 11.2. The van der Waals surface area contributed by atoms with Gasteiger partial charge in [-0.3, -0.25) is 19.4 Å². The van der Waals surface area contributed by atoms with Crippen LogP contribution in [0.2, 0.25) is 0 Å². The Kier molecular flexibility index (Phi) is 5.29. The second kappa shape index (κ2) is 8.24. The highest BCUT2D eigenvalue weighted by atomic mass is 16.2. The van der Waals surface area contributed by atoms with E-state index in [1.807, 2.05) is 4.90 Å². The Morgan fingerprint density at radius 3 is 2.71 bits per heavy atom. The first-order valence-corrected chi connectivity index (χ1v) is 11.2. The molecule has 1 saturated heterocycles. The molecule has 3 aliphatic rings. The highest BCUT2D eigenvalue weighted by Crippen LogP contribution is 2.35. The molecule has 1 saturated carbocycles. The fourth-order valence-electron chi connectivity index (χ4n) is 4.82. The Morgan fingerprint density at radius 1 is 1.10 bits per heavy atom. The largest absolute Gasteiger partial charge is 0.334 e. The van der Waals surface area contributed by atoms with Crippen molar-refractivity contribution in [3.63, 3.8) is 0 Å². The van der Waals surface area contributed by atoms with Crippen LogP contribution in [0.1, 0.15) is 72.0 Å². The molecule has 8 nitrogen and oxygen atoms in total. The molecule has 5 rings (SSSR count). The summed E-state index contributed by atoms with van der Waals surface area (Å²) < 4.78 is 0. The average molecular weight is 422 g/mol. The van der Waals surface area contributed by atoms with E-state index in [1.165, 1.54) is 0 Å². The quantitative estimate of drug-likeness (QED) is 0.819. The average Bonchev–Trinajstić information content (AvgIpc) is 2.77. The van der Waals surface area contributed by atoms with Crippen LogP contribution < -0.4 is 5.56 Å². The van der Waals surface area contributed by atoms with E-state index in [0.717, 1.165) is 50.8 Å².